The number of nitrogens with one attached hydrogen (secondary N) is 1. The molecule has 3 aromatic rings. The van der Waals surface area contributed by atoms with E-state index >= 15 is 0 Å². The lowest BCUT2D eigenvalue weighted by atomic mass is 10.0. The van der Waals surface area contributed by atoms with Crippen LogP contribution >= 0.6 is 11.3 Å². The van der Waals surface area contributed by atoms with Gasteiger partial charge in [-0.05, 0) is 67.1 Å². The number of aryl methyl sites for hydroxylation is 1. The normalized spacial score (nSPS) is 11.8. The SMILES string of the molecule is Cc1cccc(C(=O)N(Cc2cc(NC(=O)c3cccs3)ccc2N(C)C)C(C)C(C)C)c1. The van der Waals surface area contributed by atoms with Gasteiger partial charge in [0.25, 0.3) is 11.8 Å². The molecule has 0 aliphatic carbocycles. The fourth-order valence-electron chi connectivity index (χ4n) is 3.71. The molecule has 5 nitrogen and oxygen atoms in total. The van der Waals surface area contributed by atoms with E-state index in [4.69, 9.17) is 0 Å². The van der Waals surface area contributed by atoms with E-state index in [1.165, 1.54) is 11.3 Å². The Labute approximate surface area is 201 Å². The second-order valence-electron chi connectivity index (χ2n) is 8.96. The van der Waals surface area contributed by atoms with Crippen molar-refractivity contribution in [1.82, 2.24) is 4.90 Å². The zero-order valence-corrected chi connectivity index (χ0v) is 21.1. The Morgan fingerprint density at radius 3 is 2.36 bits per heavy atom. The van der Waals surface area contributed by atoms with E-state index in [-0.39, 0.29) is 17.9 Å². The lowest BCUT2D eigenvalue weighted by molar-refractivity contribution is 0.0628. The molecule has 174 valence electrons. The van der Waals surface area contributed by atoms with E-state index in [0.29, 0.717) is 28.6 Å². The van der Waals surface area contributed by atoms with Crippen LogP contribution in [-0.4, -0.2) is 36.9 Å². The molecule has 1 atom stereocenters. The molecule has 1 heterocycles. The first-order valence-corrected chi connectivity index (χ1v) is 12.1. The summed E-state index contributed by atoms with van der Waals surface area (Å²) in [5, 5.41) is 4.88. The number of benzene rings is 2. The average molecular weight is 464 g/mol. The van der Waals surface area contributed by atoms with Gasteiger partial charge in [0.1, 0.15) is 0 Å². The largest absolute Gasteiger partial charge is 0.377 e. The van der Waals surface area contributed by atoms with Crippen LogP contribution in [0.5, 0.6) is 0 Å². The molecule has 0 fully saturated rings. The number of amides is 2. The Kier molecular flexibility index (Phi) is 7.92. The van der Waals surface area contributed by atoms with Crippen molar-refractivity contribution in [3.8, 4) is 0 Å². The molecule has 1 unspecified atom stereocenters. The minimum Gasteiger partial charge on any atom is -0.377 e. The average Bonchev–Trinajstić information content (AvgIpc) is 3.31. The maximum atomic E-state index is 13.6. The molecule has 6 heteroatoms. The van der Waals surface area contributed by atoms with Gasteiger partial charge in [0, 0.05) is 43.6 Å². The number of nitrogens with zero attached hydrogens (tertiary/aromatic N) is 2. The number of carbonyl (C=O) groups is 2. The number of rotatable bonds is 8. The summed E-state index contributed by atoms with van der Waals surface area (Å²) in [4.78, 5) is 30.8. The van der Waals surface area contributed by atoms with E-state index in [9.17, 15) is 9.59 Å². The molecule has 1 aromatic heterocycles. The molecule has 0 radical (unpaired) electrons. The quantitative estimate of drug-likeness (QED) is 0.442. The highest BCUT2D eigenvalue weighted by molar-refractivity contribution is 7.12. The van der Waals surface area contributed by atoms with Crippen molar-refractivity contribution in [3.63, 3.8) is 0 Å². The topological polar surface area (TPSA) is 52.7 Å². The molecule has 0 saturated carbocycles. The molecule has 2 aromatic carbocycles. The summed E-state index contributed by atoms with van der Waals surface area (Å²) < 4.78 is 0. The van der Waals surface area contributed by atoms with Gasteiger partial charge in [0.15, 0.2) is 0 Å². The van der Waals surface area contributed by atoms with Crippen LogP contribution in [-0.2, 0) is 6.54 Å². The van der Waals surface area contributed by atoms with Gasteiger partial charge in [-0.15, -0.1) is 11.3 Å². The summed E-state index contributed by atoms with van der Waals surface area (Å²) in [5.41, 5.74) is 4.47. The monoisotopic (exact) mass is 463 g/mol. The van der Waals surface area contributed by atoms with Crippen LogP contribution in [0.2, 0.25) is 0 Å². The molecule has 0 aliphatic rings. The fraction of sp³-hybridized carbons (Fsp3) is 0.333. The van der Waals surface area contributed by atoms with E-state index in [0.717, 1.165) is 16.8 Å². The van der Waals surface area contributed by atoms with Crippen molar-refractivity contribution < 1.29 is 9.59 Å². The fourth-order valence-corrected chi connectivity index (χ4v) is 4.33. The van der Waals surface area contributed by atoms with Crippen molar-refractivity contribution in [2.75, 3.05) is 24.3 Å². The van der Waals surface area contributed by atoms with Gasteiger partial charge in [0.05, 0.1) is 4.88 Å². The van der Waals surface area contributed by atoms with E-state index < -0.39 is 0 Å². The lowest BCUT2D eigenvalue weighted by Crippen LogP contribution is -2.41. The summed E-state index contributed by atoms with van der Waals surface area (Å²) in [7, 11) is 3.97. The standard InChI is InChI=1S/C27H33N3O2S/c1-18(2)20(4)30(27(32)21-10-7-9-19(3)15-21)17-22-16-23(12-13-24(22)29(5)6)28-26(31)25-11-8-14-33-25/h7-16,18,20H,17H2,1-6H3,(H,28,31). The van der Waals surface area contributed by atoms with E-state index in [2.05, 4.69) is 26.1 Å². The number of thiophene rings is 1. The summed E-state index contributed by atoms with van der Waals surface area (Å²) in [6.45, 7) is 8.80. The van der Waals surface area contributed by atoms with Crippen LogP contribution in [0.25, 0.3) is 0 Å². The van der Waals surface area contributed by atoms with Gasteiger partial charge < -0.3 is 15.1 Å². The molecular weight excluding hydrogens is 430 g/mol. The molecule has 0 saturated heterocycles. The first-order chi connectivity index (χ1) is 15.7. The summed E-state index contributed by atoms with van der Waals surface area (Å²) in [6.07, 6.45) is 0. The summed E-state index contributed by atoms with van der Waals surface area (Å²) in [6, 6.07) is 17.3. The highest BCUT2D eigenvalue weighted by Gasteiger charge is 2.25. The molecule has 0 aliphatic heterocycles. The minimum absolute atomic E-state index is 0.0117. The lowest BCUT2D eigenvalue weighted by Gasteiger charge is -2.33. The van der Waals surface area contributed by atoms with Crippen LogP contribution in [0.4, 0.5) is 11.4 Å². The number of hydrogen-bond acceptors (Lipinski definition) is 4. The molecule has 2 amide bonds. The number of carbonyl (C=O) groups excluding carboxylic acids is 2. The first-order valence-electron chi connectivity index (χ1n) is 11.2. The second kappa shape index (κ2) is 10.7. The predicted octanol–water partition coefficient (Wildman–Crippen LogP) is 6.06. The van der Waals surface area contributed by atoms with Crippen LogP contribution in [0.3, 0.4) is 0 Å². The Hall–Kier alpha value is -3.12. The van der Waals surface area contributed by atoms with Crippen molar-refractivity contribution >= 4 is 34.5 Å². The first kappa shape index (κ1) is 24.5. The highest BCUT2D eigenvalue weighted by atomic mass is 32.1. The summed E-state index contributed by atoms with van der Waals surface area (Å²) >= 11 is 1.41. The number of anilines is 2. The Morgan fingerprint density at radius 1 is 1.00 bits per heavy atom. The smallest absolute Gasteiger partial charge is 0.265 e. The minimum atomic E-state index is -0.128. The Morgan fingerprint density at radius 2 is 1.76 bits per heavy atom. The third-order valence-electron chi connectivity index (χ3n) is 5.89. The zero-order valence-electron chi connectivity index (χ0n) is 20.3. The van der Waals surface area contributed by atoms with Gasteiger partial charge >= 0.3 is 0 Å². The van der Waals surface area contributed by atoms with Crippen molar-refractivity contribution in [2.45, 2.75) is 40.3 Å². The third-order valence-corrected chi connectivity index (χ3v) is 6.76. The molecule has 3 rings (SSSR count). The Balaban J connectivity index is 1.96. The number of hydrogen-bond donors (Lipinski definition) is 1. The third kappa shape index (κ3) is 6.02. The van der Waals surface area contributed by atoms with Crippen LogP contribution < -0.4 is 10.2 Å². The van der Waals surface area contributed by atoms with Crippen molar-refractivity contribution in [1.29, 1.82) is 0 Å². The summed E-state index contributed by atoms with van der Waals surface area (Å²) in [5.74, 6) is 0.178. The maximum absolute atomic E-state index is 13.6. The molecule has 0 spiro atoms. The molecule has 0 bridgehead atoms. The van der Waals surface area contributed by atoms with E-state index in [1.807, 2.05) is 90.8 Å². The maximum Gasteiger partial charge on any atom is 0.265 e. The van der Waals surface area contributed by atoms with Crippen molar-refractivity contribution in [2.24, 2.45) is 5.92 Å². The Bertz CT molecular complexity index is 1110. The van der Waals surface area contributed by atoms with Crippen molar-refractivity contribution in [3.05, 3.63) is 81.5 Å². The molecular formula is C27H33N3O2S. The van der Waals surface area contributed by atoms with Gasteiger partial charge in [-0.1, -0.05) is 37.6 Å². The van der Waals surface area contributed by atoms with Gasteiger partial charge in [0.2, 0.25) is 0 Å². The van der Waals surface area contributed by atoms with E-state index in [1.54, 1.807) is 0 Å². The highest BCUT2D eigenvalue weighted by Crippen LogP contribution is 2.28. The zero-order chi connectivity index (χ0) is 24.1. The van der Waals surface area contributed by atoms with Crippen LogP contribution in [0.1, 0.15) is 51.9 Å². The second-order valence-corrected chi connectivity index (χ2v) is 9.90. The predicted molar refractivity (Wildman–Crippen MR) is 138 cm³/mol. The van der Waals surface area contributed by atoms with Crippen LogP contribution in [0.15, 0.2) is 60.0 Å². The van der Waals surface area contributed by atoms with Crippen LogP contribution in [0, 0.1) is 12.8 Å². The van der Waals surface area contributed by atoms with Gasteiger partial charge in [-0.2, -0.15) is 0 Å². The van der Waals surface area contributed by atoms with Gasteiger partial charge in [-0.25, -0.2) is 0 Å². The van der Waals surface area contributed by atoms with Gasteiger partial charge in [-0.3, -0.25) is 9.59 Å². The molecule has 1 N–H and O–H groups in total. The molecule has 33 heavy (non-hydrogen) atoms.